The second kappa shape index (κ2) is 7.06. The minimum atomic E-state index is -0.218. The van der Waals surface area contributed by atoms with E-state index in [-0.39, 0.29) is 5.97 Å². The minimum Gasteiger partial charge on any atom is -0.466 e. The number of ether oxygens (including phenoxy) is 1. The molecule has 0 aliphatic rings. The summed E-state index contributed by atoms with van der Waals surface area (Å²) in [6, 6.07) is 0. The summed E-state index contributed by atoms with van der Waals surface area (Å²) in [4.78, 5) is 10.3. The zero-order chi connectivity index (χ0) is 8.53. The summed E-state index contributed by atoms with van der Waals surface area (Å²) >= 11 is 0. The Kier molecular flexibility index (Phi) is 6.39. The third-order valence-corrected chi connectivity index (χ3v) is 1.03. The van der Waals surface area contributed by atoms with Crippen LogP contribution in [0.5, 0.6) is 0 Å². The lowest BCUT2D eigenvalue weighted by Crippen LogP contribution is -1.98. The van der Waals surface area contributed by atoms with Gasteiger partial charge in [0.05, 0.1) is 6.61 Å². The van der Waals surface area contributed by atoms with Crippen LogP contribution in [0.3, 0.4) is 0 Å². The molecule has 11 heavy (non-hydrogen) atoms. The zero-order valence-electron chi connectivity index (χ0n) is 7.04. The molecule has 0 heterocycles. The van der Waals surface area contributed by atoms with Crippen LogP contribution in [0.2, 0.25) is 0 Å². The molecule has 0 atom stereocenters. The lowest BCUT2D eigenvalue weighted by molar-refractivity contribution is -0.140. The molecular weight excluding hydrogens is 140 g/mol. The van der Waals surface area contributed by atoms with Gasteiger partial charge in [0.25, 0.3) is 0 Å². The molecular formula is C9H14O2. The number of esters is 1. The van der Waals surface area contributed by atoms with E-state index in [9.17, 15) is 4.79 Å². The highest BCUT2D eigenvalue weighted by atomic mass is 16.5. The molecule has 2 nitrogen and oxygen atoms in total. The maximum absolute atomic E-state index is 10.3. The van der Waals surface area contributed by atoms with Crippen molar-refractivity contribution < 1.29 is 9.53 Å². The highest BCUT2D eigenvalue weighted by Crippen LogP contribution is 1.86. The Balaban J connectivity index is 3.20. The Hall–Kier alpha value is -1.05. The van der Waals surface area contributed by atoms with Gasteiger partial charge in [0.15, 0.2) is 0 Å². The fraction of sp³-hybridized carbons (Fsp3) is 0.444. The minimum absolute atomic E-state index is 0.218. The number of allylic oxidation sites excluding steroid dienone is 3. The Morgan fingerprint density at radius 1 is 1.45 bits per heavy atom. The van der Waals surface area contributed by atoms with Crippen LogP contribution in [0.4, 0.5) is 0 Å². The van der Waals surface area contributed by atoms with Gasteiger partial charge in [-0.25, -0.2) is 0 Å². The highest BCUT2D eigenvalue weighted by Gasteiger charge is 1.87. The SMILES string of the molecule is C/C=C\C=CCCOC(C)=O. The van der Waals surface area contributed by atoms with E-state index in [1.807, 2.05) is 31.2 Å². The smallest absolute Gasteiger partial charge is 0.302 e. The molecule has 0 aromatic rings. The van der Waals surface area contributed by atoms with Crippen molar-refractivity contribution in [2.75, 3.05) is 6.61 Å². The molecule has 0 unspecified atom stereocenters. The van der Waals surface area contributed by atoms with Crippen LogP contribution in [0.1, 0.15) is 20.3 Å². The molecule has 0 aliphatic heterocycles. The van der Waals surface area contributed by atoms with E-state index in [0.29, 0.717) is 6.61 Å². The first-order valence-electron chi connectivity index (χ1n) is 3.68. The molecule has 0 saturated carbocycles. The molecule has 0 aromatic carbocycles. The van der Waals surface area contributed by atoms with Gasteiger partial charge in [0.1, 0.15) is 0 Å². The quantitative estimate of drug-likeness (QED) is 0.352. The van der Waals surface area contributed by atoms with Crippen LogP contribution >= 0.6 is 0 Å². The second-order valence-corrected chi connectivity index (χ2v) is 2.08. The number of hydrogen-bond acceptors (Lipinski definition) is 2. The Morgan fingerprint density at radius 3 is 2.73 bits per heavy atom. The van der Waals surface area contributed by atoms with Gasteiger partial charge in [-0.15, -0.1) is 0 Å². The van der Waals surface area contributed by atoms with Gasteiger partial charge in [0, 0.05) is 6.92 Å². The van der Waals surface area contributed by atoms with Crippen LogP contribution in [0.25, 0.3) is 0 Å². The summed E-state index contributed by atoms with van der Waals surface area (Å²) in [5.74, 6) is -0.218. The summed E-state index contributed by atoms with van der Waals surface area (Å²) < 4.78 is 4.71. The van der Waals surface area contributed by atoms with Crippen molar-refractivity contribution in [2.24, 2.45) is 0 Å². The number of carbonyl (C=O) groups excluding carboxylic acids is 1. The van der Waals surface area contributed by atoms with Crippen molar-refractivity contribution in [2.45, 2.75) is 20.3 Å². The molecule has 0 bridgehead atoms. The van der Waals surface area contributed by atoms with Gasteiger partial charge >= 0.3 is 5.97 Å². The van der Waals surface area contributed by atoms with E-state index in [1.54, 1.807) is 0 Å². The Morgan fingerprint density at radius 2 is 2.18 bits per heavy atom. The summed E-state index contributed by atoms with van der Waals surface area (Å²) in [6.07, 6.45) is 8.56. The van der Waals surface area contributed by atoms with Crippen LogP contribution in [-0.2, 0) is 9.53 Å². The van der Waals surface area contributed by atoms with Crippen molar-refractivity contribution in [3.63, 3.8) is 0 Å². The third-order valence-electron chi connectivity index (χ3n) is 1.03. The lowest BCUT2D eigenvalue weighted by Gasteiger charge is -1.95. The largest absolute Gasteiger partial charge is 0.466 e. The first-order chi connectivity index (χ1) is 5.27. The van der Waals surface area contributed by atoms with Gasteiger partial charge in [-0.1, -0.05) is 24.3 Å². The van der Waals surface area contributed by atoms with Crippen LogP contribution in [0.15, 0.2) is 24.3 Å². The fourth-order valence-corrected chi connectivity index (χ4v) is 0.557. The molecule has 0 spiro atoms. The first kappa shape index (κ1) is 9.95. The second-order valence-electron chi connectivity index (χ2n) is 2.08. The van der Waals surface area contributed by atoms with Crippen LogP contribution in [-0.4, -0.2) is 12.6 Å². The monoisotopic (exact) mass is 154 g/mol. The molecule has 0 saturated heterocycles. The molecule has 0 aliphatic carbocycles. The molecule has 2 heteroatoms. The number of rotatable bonds is 4. The van der Waals surface area contributed by atoms with Crippen LogP contribution in [0, 0.1) is 0 Å². The highest BCUT2D eigenvalue weighted by molar-refractivity contribution is 5.65. The van der Waals surface area contributed by atoms with E-state index in [2.05, 4.69) is 0 Å². The van der Waals surface area contributed by atoms with E-state index >= 15 is 0 Å². The van der Waals surface area contributed by atoms with Crippen molar-refractivity contribution in [3.8, 4) is 0 Å². The molecule has 0 fully saturated rings. The number of hydrogen-bond donors (Lipinski definition) is 0. The van der Waals surface area contributed by atoms with Crippen molar-refractivity contribution >= 4 is 5.97 Å². The van der Waals surface area contributed by atoms with Gasteiger partial charge in [-0.05, 0) is 13.3 Å². The number of carbonyl (C=O) groups is 1. The summed E-state index contributed by atoms with van der Waals surface area (Å²) in [6.45, 7) is 3.84. The van der Waals surface area contributed by atoms with Gasteiger partial charge in [-0.2, -0.15) is 0 Å². The molecule has 0 radical (unpaired) electrons. The Bertz CT molecular complexity index is 157. The maximum atomic E-state index is 10.3. The average molecular weight is 154 g/mol. The zero-order valence-corrected chi connectivity index (χ0v) is 7.04. The molecule has 62 valence electrons. The van der Waals surface area contributed by atoms with Gasteiger partial charge in [0.2, 0.25) is 0 Å². The van der Waals surface area contributed by atoms with E-state index in [0.717, 1.165) is 6.42 Å². The van der Waals surface area contributed by atoms with Gasteiger partial charge in [-0.3, -0.25) is 4.79 Å². The predicted octanol–water partition coefficient (Wildman–Crippen LogP) is 2.07. The van der Waals surface area contributed by atoms with E-state index in [1.165, 1.54) is 6.92 Å². The Labute approximate surface area is 67.6 Å². The molecule has 0 aromatic heterocycles. The standard InChI is InChI=1S/C9H14O2/c1-3-4-5-6-7-8-11-9(2)10/h3-6H,7-8H2,1-2H3/b4-3-,6-5?. The first-order valence-corrected chi connectivity index (χ1v) is 3.68. The van der Waals surface area contributed by atoms with Crippen LogP contribution < -0.4 is 0 Å². The van der Waals surface area contributed by atoms with Crippen molar-refractivity contribution in [1.82, 2.24) is 0 Å². The van der Waals surface area contributed by atoms with E-state index < -0.39 is 0 Å². The van der Waals surface area contributed by atoms with Crippen molar-refractivity contribution in [1.29, 1.82) is 0 Å². The third kappa shape index (κ3) is 8.95. The topological polar surface area (TPSA) is 26.3 Å². The average Bonchev–Trinajstić information content (AvgIpc) is 1.96. The van der Waals surface area contributed by atoms with Crippen molar-refractivity contribution in [3.05, 3.63) is 24.3 Å². The lowest BCUT2D eigenvalue weighted by atomic mass is 10.4. The molecule has 0 N–H and O–H groups in total. The summed E-state index contributed by atoms with van der Waals surface area (Å²) in [5.41, 5.74) is 0. The molecule has 0 amide bonds. The molecule has 0 rings (SSSR count). The predicted molar refractivity (Wildman–Crippen MR) is 45.2 cm³/mol. The maximum Gasteiger partial charge on any atom is 0.302 e. The summed E-state index contributed by atoms with van der Waals surface area (Å²) in [7, 11) is 0. The fourth-order valence-electron chi connectivity index (χ4n) is 0.557. The van der Waals surface area contributed by atoms with E-state index in [4.69, 9.17) is 4.74 Å². The van der Waals surface area contributed by atoms with Gasteiger partial charge < -0.3 is 4.74 Å². The normalized spacial score (nSPS) is 11.1. The summed E-state index contributed by atoms with van der Waals surface area (Å²) in [5, 5.41) is 0.